The molecule has 2 aliphatic rings. The van der Waals surface area contributed by atoms with Crippen LogP contribution < -0.4 is 16.0 Å². The third-order valence-corrected chi connectivity index (χ3v) is 5.19. The molecule has 4 N–H and O–H groups in total. The quantitative estimate of drug-likeness (QED) is 0.573. The molecule has 8 nitrogen and oxygen atoms in total. The number of methoxy groups -OCH3 is 1. The second-order valence-corrected chi connectivity index (χ2v) is 7.33. The molecule has 1 amide bonds. The zero-order valence-electron chi connectivity index (χ0n) is 17.3. The summed E-state index contributed by atoms with van der Waals surface area (Å²) >= 11 is 0. The minimum atomic E-state index is -0.417. The van der Waals surface area contributed by atoms with Gasteiger partial charge in [-0.25, -0.2) is 4.98 Å². The highest BCUT2D eigenvalue weighted by Crippen LogP contribution is 2.21. The highest BCUT2D eigenvalue weighted by atomic mass is 16.5. The van der Waals surface area contributed by atoms with E-state index in [1.165, 1.54) is 13.4 Å². The highest BCUT2D eigenvalue weighted by Gasteiger charge is 2.21. The number of nitrogens with one attached hydrogen (secondary N) is 4. The molecule has 1 aromatic carbocycles. The van der Waals surface area contributed by atoms with Gasteiger partial charge in [-0.1, -0.05) is 18.2 Å². The molecule has 1 aliphatic heterocycles. The fourth-order valence-electron chi connectivity index (χ4n) is 3.46. The van der Waals surface area contributed by atoms with Crippen molar-refractivity contribution in [1.29, 1.82) is 5.41 Å². The van der Waals surface area contributed by atoms with Gasteiger partial charge in [0.15, 0.2) is 5.69 Å². The molecule has 0 saturated carbocycles. The Morgan fingerprint density at radius 1 is 1.26 bits per heavy atom. The van der Waals surface area contributed by atoms with Gasteiger partial charge < -0.3 is 30.5 Å². The fourth-order valence-corrected chi connectivity index (χ4v) is 3.46. The molecule has 0 unspecified atom stereocenters. The first-order chi connectivity index (χ1) is 15.1. The summed E-state index contributed by atoms with van der Waals surface area (Å²) in [6.07, 6.45) is 8.53. The number of rotatable bonds is 6. The molecule has 2 heterocycles. The Morgan fingerprint density at radius 3 is 2.77 bits per heavy atom. The maximum Gasteiger partial charge on any atom is 0.277 e. The van der Waals surface area contributed by atoms with Crippen molar-refractivity contribution in [3.8, 4) is 11.5 Å². The van der Waals surface area contributed by atoms with Crippen LogP contribution in [0.1, 0.15) is 23.3 Å². The van der Waals surface area contributed by atoms with E-state index in [2.05, 4.69) is 20.9 Å². The number of carbonyl (C=O) groups excluding carboxylic acids is 1. The number of benzene rings is 1. The van der Waals surface area contributed by atoms with Crippen LogP contribution in [0.2, 0.25) is 0 Å². The van der Waals surface area contributed by atoms with E-state index in [9.17, 15) is 4.79 Å². The van der Waals surface area contributed by atoms with Gasteiger partial charge in [0.05, 0.1) is 18.5 Å². The van der Waals surface area contributed by atoms with Crippen molar-refractivity contribution in [2.24, 2.45) is 0 Å². The summed E-state index contributed by atoms with van der Waals surface area (Å²) in [7, 11) is 1.50. The Kier molecular flexibility index (Phi) is 6.28. The number of hydrogen-bond donors (Lipinski definition) is 4. The first-order valence-electron chi connectivity index (χ1n) is 10.2. The molecule has 0 spiro atoms. The molecule has 1 aliphatic carbocycles. The maximum absolute atomic E-state index is 12.8. The number of piperidine rings is 1. The Bertz CT molecular complexity index is 1050. The van der Waals surface area contributed by atoms with E-state index < -0.39 is 5.91 Å². The van der Waals surface area contributed by atoms with E-state index in [1.807, 2.05) is 36.5 Å². The Labute approximate surface area is 180 Å². The minimum absolute atomic E-state index is 0.161. The van der Waals surface area contributed by atoms with E-state index in [0.717, 1.165) is 31.5 Å². The van der Waals surface area contributed by atoms with Gasteiger partial charge in [0.25, 0.3) is 5.91 Å². The van der Waals surface area contributed by atoms with Crippen molar-refractivity contribution < 1.29 is 13.9 Å². The van der Waals surface area contributed by atoms with E-state index >= 15 is 0 Å². The average Bonchev–Trinajstić information content (AvgIpc) is 3.31. The molecule has 0 bridgehead atoms. The molecule has 4 rings (SSSR count). The normalized spacial score (nSPS) is 18.4. The SMILES string of the molecule is COC1=CC(=N)/C(=C\NC2CCNCC2)C=C1NC(=O)c1coc(-c2ccccc2)n1. The van der Waals surface area contributed by atoms with Gasteiger partial charge in [0.2, 0.25) is 5.89 Å². The van der Waals surface area contributed by atoms with Crippen LogP contribution in [0.15, 0.2) is 76.4 Å². The van der Waals surface area contributed by atoms with Crippen LogP contribution in [0.3, 0.4) is 0 Å². The first-order valence-corrected chi connectivity index (χ1v) is 10.2. The van der Waals surface area contributed by atoms with E-state index in [-0.39, 0.29) is 5.69 Å². The average molecular weight is 419 g/mol. The lowest BCUT2D eigenvalue weighted by atomic mass is 10.0. The molecule has 1 saturated heterocycles. The number of amides is 1. The Hall–Kier alpha value is -3.65. The summed E-state index contributed by atoms with van der Waals surface area (Å²) in [5.41, 5.74) is 2.39. The number of ether oxygens (including phenoxy) is 1. The molecule has 1 fully saturated rings. The lowest BCUT2D eigenvalue weighted by Crippen LogP contribution is -2.38. The van der Waals surface area contributed by atoms with Gasteiger partial charge in [0, 0.05) is 29.5 Å². The van der Waals surface area contributed by atoms with E-state index in [4.69, 9.17) is 14.6 Å². The number of oxazole rings is 1. The van der Waals surface area contributed by atoms with Gasteiger partial charge in [-0.05, 0) is 44.1 Å². The smallest absolute Gasteiger partial charge is 0.277 e. The van der Waals surface area contributed by atoms with Crippen molar-refractivity contribution in [2.45, 2.75) is 18.9 Å². The summed E-state index contributed by atoms with van der Waals surface area (Å²) in [6.45, 7) is 1.96. The van der Waals surface area contributed by atoms with Crippen molar-refractivity contribution in [3.63, 3.8) is 0 Å². The fraction of sp³-hybridized carbons (Fsp3) is 0.261. The molecule has 0 radical (unpaired) electrons. The van der Waals surface area contributed by atoms with Crippen molar-refractivity contribution in [1.82, 2.24) is 20.9 Å². The minimum Gasteiger partial charge on any atom is -0.494 e. The summed E-state index contributed by atoms with van der Waals surface area (Å²) in [4.78, 5) is 17.0. The number of hydrogen-bond acceptors (Lipinski definition) is 7. The standard InChI is InChI=1S/C23H25N5O3/c1-30-21-12-18(24)16(13-26-17-7-9-25-10-8-17)11-19(21)27-22(29)20-14-31-23(28-20)15-5-3-2-4-6-15/h2-6,11-14,17,24-26H,7-10H2,1H3,(H,27,29)/b16-13-,24-18?. The maximum atomic E-state index is 12.8. The predicted octanol–water partition coefficient (Wildman–Crippen LogP) is 2.74. The van der Waals surface area contributed by atoms with Gasteiger partial charge in [-0.3, -0.25) is 4.79 Å². The number of carbonyl (C=O) groups is 1. The summed E-state index contributed by atoms with van der Waals surface area (Å²) < 4.78 is 10.8. The van der Waals surface area contributed by atoms with Crippen LogP contribution in [0.5, 0.6) is 0 Å². The monoisotopic (exact) mass is 419 g/mol. The molecule has 31 heavy (non-hydrogen) atoms. The van der Waals surface area contributed by atoms with Crippen LogP contribution in [0, 0.1) is 5.41 Å². The summed E-state index contributed by atoms with van der Waals surface area (Å²) in [5.74, 6) is 0.364. The van der Waals surface area contributed by atoms with Crippen LogP contribution in [0.25, 0.3) is 11.5 Å². The number of allylic oxidation sites excluding steroid dienone is 3. The van der Waals surface area contributed by atoms with Gasteiger partial charge in [0.1, 0.15) is 12.0 Å². The largest absolute Gasteiger partial charge is 0.494 e. The van der Waals surface area contributed by atoms with Gasteiger partial charge in [-0.2, -0.15) is 0 Å². The molecule has 2 aromatic rings. The molecular weight excluding hydrogens is 394 g/mol. The Balaban J connectivity index is 1.49. The third-order valence-electron chi connectivity index (χ3n) is 5.19. The molecule has 8 heteroatoms. The highest BCUT2D eigenvalue weighted by molar-refractivity contribution is 6.10. The first kappa shape index (κ1) is 20.6. The van der Waals surface area contributed by atoms with Crippen LogP contribution in [0.4, 0.5) is 0 Å². The zero-order valence-corrected chi connectivity index (χ0v) is 17.3. The van der Waals surface area contributed by atoms with Crippen molar-refractivity contribution >= 4 is 11.6 Å². The van der Waals surface area contributed by atoms with Gasteiger partial charge >= 0.3 is 0 Å². The third kappa shape index (κ3) is 4.92. The second-order valence-electron chi connectivity index (χ2n) is 7.33. The lowest BCUT2D eigenvalue weighted by Gasteiger charge is -2.24. The predicted molar refractivity (Wildman–Crippen MR) is 117 cm³/mol. The summed E-state index contributed by atoms with van der Waals surface area (Å²) in [5, 5.41) is 17.8. The molecule has 160 valence electrons. The lowest BCUT2D eigenvalue weighted by molar-refractivity contribution is 0.0958. The molecule has 1 aromatic heterocycles. The molecule has 0 atom stereocenters. The zero-order chi connectivity index (χ0) is 21.6. The van der Waals surface area contributed by atoms with Crippen LogP contribution >= 0.6 is 0 Å². The Morgan fingerprint density at radius 2 is 2.03 bits per heavy atom. The van der Waals surface area contributed by atoms with Crippen molar-refractivity contribution in [2.75, 3.05) is 20.2 Å². The number of nitrogens with zero attached hydrogens (tertiary/aromatic N) is 1. The van der Waals surface area contributed by atoms with Crippen LogP contribution in [-0.2, 0) is 4.74 Å². The molecular formula is C23H25N5O3. The second kappa shape index (κ2) is 9.44. The van der Waals surface area contributed by atoms with Crippen molar-refractivity contribution in [3.05, 3.63) is 77.7 Å². The van der Waals surface area contributed by atoms with E-state index in [0.29, 0.717) is 34.7 Å². The topological polar surface area (TPSA) is 112 Å². The van der Waals surface area contributed by atoms with Crippen LogP contribution in [-0.4, -0.2) is 42.8 Å². The number of aromatic nitrogens is 1. The van der Waals surface area contributed by atoms with Gasteiger partial charge in [-0.15, -0.1) is 0 Å². The van der Waals surface area contributed by atoms with E-state index in [1.54, 1.807) is 12.2 Å². The summed E-state index contributed by atoms with van der Waals surface area (Å²) in [6, 6.07) is 9.75.